The molecule has 0 aliphatic heterocycles. The monoisotopic (exact) mass is 168 g/mol. The van der Waals surface area contributed by atoms with E-state index in [4.69, 9.17) is 0 Å². The van der Waals surface area contributed by atoms with Crippen LogP contribution in [0.1, 0.15) is 47.5 Å². The average molecular weight is 168 g/mol. The predicted molar refractivity (Wildman–Crippen MR) is 57.2 cm³/mol. The summed E-state index contributed by atoms with van der Waals surface area (Å²) in [7, 11) is 0. The molecule has 0 spiro atoms. The fraction of sp³-hybridized carbons (Fsp3) is 0.833. The molecule has 0 bridgehead atoms. The molecule has 72 valence electrons. The van der Waals surface area contributed by atoms with Crippen molar-refractivity contribution in [2.45, 2.75) is 47.5 Å². The number of hydrogen-bond donors (Lipinski definition) is 0. The highest BCUT2D eigenvalue weighted by atomic mass is 14.3. The summed E-state index contributed by atoms with van der Waals surface area (Å²) >= 11 is 0. The Morgan fingerprint density at radius 1 is 1.33 bits per heavy atom. The van der Waals surface area contributed by atoms with Crippen LogP contribution >= 0.6 is 0 Å². The standard InChI is InChI=1S/C12H24/c1-7-11(8-2)12(5,6)9-10(3)4/h7,10-11H,1,8-9H2,2-6H3. The van der Waals surface area contributed by atoms with Crippen LogP contribution in [0.15, 0.2) is 12.7 Å². The summed E-state index contributed by atoms with van der Waals surface area (Å²) in [5, 5.41) is 0. The lowest BCUT2D eigenvalue weighted by Gasteiger charge is -2.33. The van der Waals surface area contributed by atoms with E-state index in [1.807, 2.05) is 0 Å². The van der Waals surface area contributed by atoms with Gasteiger partial charge in [0.05, 0.1) is 0 Å². The third kappa shape index (κ3) is 3.42. The summed E-state index contributed by atoms with van der Waals surface area (Å²) in [6.45, 7) is 15.4. The molecule has 12 heavy (non-hydrogen) atoms. The molecule has 0 radical (unpaired) electrons. The summed E-state index contributed by atoms with van der Waals surface area (Å²) in [6, 6.07) is 0. The fourth-order valence-electron chi connectivity index (χ4n) is 2.24. The number of hydrogen-bond acceptors (Lipinski definition) is 0. The molecule has 1 unspecified atom stereocenters. The lowest BCUT2D eigenvalue weighted by molar-refractivity contribution is 0.203. The van der Waals surface area contributed by atoms with Gasteiger partial charge in [-0.2, -0.15) is 0 Å². The first-order chi connectivity index (χ1) is 5.44. The summed E-state index contributed by atoms with van der Waals surface area (Å²) in [5.74, 6) is 1.45. The van der Waals surface area contributed by atoms with Crippen molar-refractivity contribution in [1.29, 1.82) is 0 Å². The topological polar surface area (TPSA) is 0 Å². The van der Waals surface area contributed by atoms with Gasteiger partial charge in [-0.15, -0.1) is 6.58 Å². The van der Waals surface area contributed by atoms with Crippen molar-refractivity contribution in [2.24, 2.45) is 17.3 Å². The highest BCUT2D eigenvalue weighted by Gasteiger charge is 2.26. The molecule has 0 aliphatic carbocycles. The van der Waals surface area contributed by atoms with E-state index in [1.54, 1.807) is 0 Å². The zero-order chi connectivity index (χ0) is 9.78. The van der Waals surface area contributed by atoms with Crippen LogP contribution in [0.4, 0.5) is 0 Å². The van der Waals surface area contributed by atoms with Crippen LogP contribution in [0.3, 0.4) is 0 Å². The zero-order valence-corrected chi connectivity index (χ0v) is 9.35. The van der Waals surface area contributed by atoms with Crippen molar-refractivity contribution in [3.8, 4) is 0 Å². The van der Waals surface area contributed by atoms with Crippen LogP contribution in [-0.2, 0) is 0 Å². The molecule has 0 saturated carbocycles. The van der Waals surface area contributed by atoms with Crippen LogP contribution in [0, 0.1) is 17.3 Å². The summed E-state index contributed by atoms with van der Waals surface area (Å²) < 4.78 is 0. The van der Waals surface area contributed by atoms with Gasteiger partial charge in [0.25, 0.3) is 0 Å². The Labute approximate surface area is 78.1 Å². The highest BCUT2D eigenvalue weighted by Crippen LogP contribution is 2.36. The molecule has 0 aromatic heterocycles. The lowest BCUT2D eigenvalue weighted by Crippen LogP contribution is -2.23. The molecule has 0 nitrogen and oxygen atoms in total. The van der Waals surface area contributed by atoms with Gasteiger partial charge >= 0.3 is 0 Å². The molecule has 0 aromatic carbocycles. The van der Waals surface area contributed by atoms with E-state index in [2.05, 4.69) is 47.3 Å². The van der Waals surface area contributed by atoms with Crippen molar-refractivity contribution in [2.75, 3.05) is 0 Å². The summed E-state index contributed by atoms with van der Waals surface area (Å²) in [5.41, 5.74) is 0.421. The van der Waals surface area contributed by atoms with E-state index >= 15 is 0 Å². The van der Waals surface area contributed by atoms with Crippen molar-refractivity contribution in [1.82, 2.24) is 0 Å². The normalized spacial score (nSPS) is 14.8. The van der Waals surface area contributed by atoms with Gasteiger partial charge in [-0.3, -0.25) is 0 Å². The molecule has 0 heteroatoms. The van der Waals surface area contributed by atoms with Crippen LogP contribution in [-0.4, -0.2) is 0 Å². The Hall–Kier alpha value is -0.260. The average Bonchev–Trinajstić information content (AvgIpc) is 1.85. The number of rotatable bonds is 5. The van der Waals surface area contributed by atoms with Crippen LogP contribution in [0.2, 0.25) is 0 Å². The Balaban J connectivity index is 4.24. The Kier molecular flexibility index (Phi) is 4.59. The maximum Gasteiger partial charge on any atom is -0.0187 e. The minimum absolute atomic E-state index is 0.421. The first-order valence-corrected chi connectivity index (χ1v) is 5.06. The van der Waals surface area contributed by atoms with Gasteiger partial charge in [0.15, 0.2) is 0 Å². The van der Waals surface area contributed by atoms with Gasteiger partial charge in [-0.25, -0.2) is 0 Å². The Morgan fingerprint density at radius 2 is 1.83 bits per heavy atom. The maximum atomic E-state index is 3.91. The number of allylic oxidation sites excluding steroid dienone is 1. The maximum absolute atomic E-state index is 3.91. The second kappa shape index (κ2) is 4.69. The van der Waals surface area contributed by atoms with Gasteiger partial charge < -0.3 is 0 Å². The van der Waals surface area contributed by atoms with Gasteiger partial charge in [-0.05, 0) is 30.1 Å². The third-order valence-electron chi connectivity index (χ3n) is 2.66. The minimum Gasteiger partial charge on any atom is -0.103 e. The molecule has 0 heterocycles. The summed E-state index contributed by atoms with van der Waals surface area (Å²) in [4.78, 5) is 0. The smallest absolute Gasteiger partial charge is 0.0187 e. The van der Waals surface area contributed by atoms with Gasteiger partial charge in [0, 0.05) is 0 Å². The molecule has 0 rings (SSSR count). The Bertz CT molecular complexity index is 131. The van der Waals surface area contributed by atoms with E-state index in [-0.39, 0.29) is 0 Å². The predicted octanol–water partition coefficient (Wildman–Crippen LogP) is 4.27. The quantitative estimate of drug-likeness (QED) is 0.538. The van der Waals surface area contributed by atoms with E-state index in [0.29, 0.717) is 11.3 Å². The second-order valence-electron chi connectivity index (χ2n) is 4.84. The Morgan fingerprint density at radius 3 is 2.08 bits per heavy atom. The molecular weight excluding hydrogens is 144 g/mol. The van der Waals surface area contributed by atoms with Gasteiger partial charge in [0.1, 0.15) is 0 Å². The van der Waals surface area contributed by atoms with E-state index in [0.717, 1.165) is 5.92 Å². The van der Waals surface area contributed by atoms with Crippen LogP contribution in [0.5, 0.6) is 0 Å². The molecule has 0 aliphatic rings. The molecular formula is C12H24. The van der Waals surface area contributed by atoms with Crippen LogP contribution < -0.4 is 0 Å². The summed E-state index contributed by atoms with van der Waals surface area (Å²) in [6.07, 6.45) is 4.61. The first kappa shape index (κ1) is 11.7. The molecule has 0 amide bonds. The van der Waals surface area contributed by atoms with Gasteiger partial charge in [0.2, 0.25) is 0 Å². The first-order valence-electron chi connectivity index (χ1n) is 5.06. The molecule has 0 aromatic rings. The third-order valence-corrected chi connectivity index (χ3v) is 2.66. The molecule has 0 N–H and O–H groups in total. The second-order valence-corrected chi connectivity index (χ2v) is 4.84. The lowest BCUT2D eigenvalue weighted by atomic mass is 9.72. The fourth-order valence-corrected chi connectivity index (χ4v) is 2.24. The molecule has 0 saturated heterocycles. The van der Waals surface area contributed by atoms with Crippen molar-refractivity contribution in [3.63, 3.8) is 0 Å². The van der Waals surface area contributed by atoms with Gasteiger partial charge in [-0.1, -0.05) is 40.7 Å². The minimum atomic E-state index is 0.421. The van der Waals surface area contributed by atoms with Crippen molar-refractivity contribution < 1.29 is 0 Å². The zero-order valence-electron chi connectivity index (χ0n) is 9.35. The van der Waals surface area contributed by atoms with Crippen molar-refractivity contribution in [3.05, 3.63) is 12.7 Å². The largest absolute Gasteiger partial charge is 0.103 e. The SMILES string of the molecule is C=CC(CC)C(C)(C)CC(C)C. The highest BCUT2D eigenvalue weighted by molar-refractivity contribution is 4.89. The molecule has 0 fully saturated rings. The van der Waals surface area contributed by atoms with Crippen molar-refractivity contribution >= 4 is 0 Å². The van der Waals surface area contributed by atoms with E-state index in [9.17, 15) is 0 Å². The molecule has 1 atom stereocenters. The van der Waals surface area contributed by atoms with E-state index in [1.165, 1.54) is 12.8 Å². The van der Waals surface area contributed by atoms with Crippen LogP contribution in [0.25, 0.3) is 0 Å². The van der Waals surface area contributed by atoms with E-state index < -0.39 is 0 Å².